The highest BCUT2D eigenvalue weighted by Crippen LogP contribution is 2.36. The van der Waals surface area contributed by atoms with Crippen LogP contribution < -0.4 is 10.5 Å². The molecule has 0 radical (unpaired) electrons. The van der Waals surface area contributed by atoms with E-state index < -0.39 is 5.56 Å². The predicted molar refractivity (Wildman–Crippen MR) is 127 cm³/mol. The van der Waals surface area contributed by atoms with Gasteiger partial charge in [-0.2, -0.15) is 5.26 Å². The van der Waals surface area contributed by atoms with Crippen LogP contribution in [-0.4, -0.2) is 26.1 Å². The molecule has 6 rings (SSSR count). The number of hydrogen-bond donors (Lipinski definition) is 1. The second-order valence-corrected chi connectivity index (χ2v) is 8.44. The van der Waals surface area contributed by atoms with E-state index in [0.29, 0.717) is 11.2 Å². The number of nitriles is 1. The molecule has 1 saturated heterocycles. The standard InChI is InChI=1S/C26H19FN6O/c27-20-4-1-3-17(12-20)22-5-2-10-32(22)25-9-8-24-29-15-23(33(24)31-25)18-7-6-16-11-19(14-28)26(34)30-21(16)13-18/h1,3-4,6-9,11-13,15,22H,2,5,10H2,(H,30,34). The molecular weight excluding hydrogens is 431 g/mol. The molecule has 2 aromatic carbocycles. The first-order valence-corrected chi connectivity index (χ1v) is 11.1. The van der Waals surface area contributed by atoms with Crippen molar-refractivity contribution in [1.82, 2.24) is 19.6 Å². The summed E-state index contributed by atoms with van der Waals surface area (Å²) in [6, 6.07) is 19.8. The van der Waals surface area contributed by atoms with Crippen molar-refractivity contribution >= 4 is 22.4 Å². The lowest BCUT2D eigenvalue weighted by atomic mass is 10.0. The largest absolute Gasteiger partial charge is 0.348 e. The van der Waals surface area contributed by atoms with Gasteiger partial charge in [0.05, 0.1) is 17.9 Å². The van der Waals surface area contributed by atoms with E-state index in [9.17, 15) is 9.18 Å². The normalized spacial score (nSPS) is 15.8. The Morgan fingerprint density at radius 3 is 2.88 bits per heavy atom. The van der Waals surface area contributed by atoms with Gasteiger partial charge in [-0.05, 0) is 60.2 Å². The quantitative estimate of drug-likeness (QED) is 0.434. The zero-order valence-electron chi connectivity index (χ0n) is 18.1. The molecule has 1 atom stereocenters. The van der Waals surface area contributed by atoms with Gasteiger partial charge in [0.25, 0.3) is 5.56 Å². The van der Waals surface area contributed by atoms with E-state index in [1.807, 2.05) is 42.5 Å². The molecule has 0 saturated carbocycles. The van der Waals surface area contributed by atoms with Crippen LogP contribution in [0.5, 0.6) is 0 Å². The van der Waals surface area contributed by atoms with Gasteiger partial charge >= 0.3 is 0 Å². The molecule has 0 bridgehead atoms. The Balaban J connectivity index is 1.42. The number of hydrogen-bond acceptors (Lipinski definition) is 5. The fourth-order valence-corrected chi connectivity index (χ4v) is 4.76. The number of aromatic nitrogens is 4. The van der Waals surface area contributed by atoms with Crippen molar-refractivity contribution in [1.29, 1.82) is 5.26 Å². The molecular formula is C26H19FN6O. The number of H-pyrrole nitrogens is 1. The Hall–Kier alpha value is -4.51. The fraction of sp³-hybridized carbons (Fsp3) is 0.154. The molecule has 34 heavy (non-hydrogen) atoms. The third kappa shape index (κ3) is 3.30. The summed E-state index contributed by atoms with van der Waals surface area (Å²) < 4.78 is 15.6. The SMILES string of the molecule is N#Cc1cc2ccc(-c3cnc4ccc(N5CCCC5c5cccc(F)c5)nn34)cc2[nH]c1=O. The van der Waals surface area contributed by atoms with Gasteiger partial charge < -0.3 is 9.88 Å². The summed E-state index contributed by atoms with van der Waals surface area (Å²) in [6.45, 7) is 0.835. The number of pyridine rings is 1. The molecule has 4 heterocycles. The van der Waals surface area contributed by atoms with Crippen LogP contribution in [0.1, 0.15) is 30.0 Å². The summed E-state index contributed by atoms with van der Waals surface area (Å²) in [7, 11) is 0. The van der Waals surface area contributed by atoms with E-state index >= 15 is 0 Å². The number of benzene rings is 2. The maximum atomic E-state index is 13.9. The van der Waals surface area contributed by atoms with Crippen LogP contribution in [0.25, 0.3) is 27.8 Å². The number of rotatable bonds is 3. The summed E-state index contributed by atoms with van der Waals surface area (Å²) in [6.07, 6.45) is 3.69. The highest BCUT2D eigenvalue weighted by molar-refractivity contribution is 5.84. The number of nitrogens with one attached hydrogen (secondary N) is 1. The number of aromatic amines is 1. The molecule has 7 nitrogen and oxygen atoms in total. The maximum absolute atomic E-state index is 13.9. The lowest BCUT2D eigenvalue weighted by molar-refractivity contribution is 0.617. The van der Waals surface area contributed by atoms with Crippen molar-refractivity contribution in [2.24, 2.45) is 0 Å². The van der Waals surface area contributed by atoms with E-state index in [2.05, 4.69) is 14.9 Å². The van der Waals surface area contributed by atoms with Crippen molar-refractivity contribution in [3.8, 4) is 17.3 Å². The molecule has 1 unspecified atom stereocenters. The summed E-state index contributed by atoms with van der Waals surface area (Å²) in [5.41, 5.74) is 3.58. The van der Waals surface area contributed by atoms with Crippen LogP contribution >= 0.6 is 0 Å². The molecule has 0 aliphatic carbocycles. The lowest BCUT2D eigenvalue weighted by Crippen LogP contribution is -2.24. The van der Waals surface area contributed by atoms with E-state index in [1.54, 1.807) is 28.9 Å². The van der Waals surface area contributed by atoms with Crippen LogP contribution in [0, 0.1) is 17.1 Å². The molecule has 5 aromatic rings. The molecule has 3 aromatic heterocycles. The Labute approximate surface area is 193 Å². The van der Waals surface area contributed by atoms with Crippen molar-refractivity contribution in [2.45, 2.75) is 18.9 Å². The van der Waals surface area contributed by atoms with Gasteiger partial charge in [0.15, 0.2) is 5.65 Å². The van der Waals surface area contributed by atoms with Crippen LogP contribution in [0.3, 0.4) is 0 Å². The molecule has 1 fully saturated rings. The molecule has 0 spiro atoms. The van der Waals surface area contributed by atoms with E-state index in [0.717, 1.165) is 47.4 Å². The Morgan fingerprint density at radius 1 is 1.12 bits per heavy atom. The minimum Gasteiger partial charge on any atom is -0.348 e. The van der Waals surface area contributed by atoms with Gasteiger partial charge in [-0.1, -0.05) is 24.3 Å². The number of nitrogens with zero attached hydrogens (tertiary/aromatic N) is 5. The fourth-order valence-electron chi connectivity index (χ4n) is 4.76. The minimum absolute atomic E-state index is 0.0627. The zero-order chi connectivity index (χ0) is 23.2. The van der Waals surface area contributed by atoms with Gasteiger partial charge in [-0.25, -0.2) is 13.9 Å². The van der Waals surface area contributed by atoms with Gasteiger partial charge in [0.2, 0.25) is 0 Å². The van der Waals surface area contributed by atoms with Crippen LogP contribution in [0.4, 0.5) is 10.2 Å². The van der Waals surface area contributed by atoms with Crippen molar-refractivity contribution in [3.63, 3.8) is 0 Å². The topological polar surface area (TPSA) is 90.1 Å². The molecule has 8 heteroatoms. The summed E-state index contributed by atoms with van der Waals surface area (Å²) in [4.78, 5) is 21.6. The first-order chi connectivity index (χ1) is 16.6. The van der Waals surface area contributed by atoms with Gasteiger partial charge in [0, 0.05) is 17.6 Å². The monoisotopic (exact) mass is 450 g/mol. The third-order valence-corrected chi connectivity index (χ3v) is 6.39. The minimum atomic E-state index is -0.414. The predicted octanol–water partition coefficient (Wildman–Crippen LogP) is 4.59. The highest BCUT2D eigenvalue weighted by Gasteiger charge is 2.28. The van der Waals surface area contributed by atoms with E-state index in [1.165, 1.54) is 6.07 Å². The third-order valence-electron chi connectivity index (χ3n) is 6.39. The average molecular weight is 450 g/mol. The van der Waals surface area contributed by atoms with E-state index in [4.69, 9.17) is 10.4 Å². The second-order valence-electron chi connectivity index (χ2n) is 8.44. The Kier molecular flexibility index (Phi) is 4.62. The van der Waals surface area contributed by atoms with Crippen LogP contribution in [0.15, 0.2) is 71.7 Å². The maximum Gasteiger partial charge on any atom is 0.266 e. The smallest absolute Gasteiger partial charge is 0.266 e. The molecule has 1 aliphatic rings. The van der Waals surface area contributed by atoms with Gasteiger partial charge in [-0.3, -0.25) is 4.79 Å². The first kappa shape index (κ1) is 20.1. The van der Waals surface area contributed by atoms with Crippen LogP contribution in [-0.2, 0) is 0 Å². The number of anilines is 1. The van der Waals surface area contributed by atoms with Gasteiger partial charge in [-0.15, -0.1) is 5.10 Å². The Bertz CT molecular complexity index is 1660. The number of imidazole rings is 1. The van der Waals surface area contributed by atoms with Crippen molar-refractivity contribution in [3.05, 3.63) is 94.2 Å². The molecule has 1 N–H and O–H groups in total. The lowest BCUT2D eigenvalue weighted by Gasteiger charge is -2.26. The van der Waals surface area contributed by atoms with Crippen molar-refractivity contribution < 1.29 is 4.39 Å². The molecule has 0 amide bonds. The van der Waals surface area contributed by atoms with Crippen molar-refractivity contribution in [2.75, 3.05) is 11.4 Å². The molecule has 166 valence electrons. The van der Waals surface area contributed by atoms with Crippen LogP contribution in [0.2, 0.25) is 0 Å². The summed E-state index contributed by atoms with van der Waals surface area (Å²) >= 11 is 0. The van der Waals surface area contributed by atoms with Gasteiger partial charge in [0.1, 0.15) is 23.3 Å². The second kappa shape index (κ2) is 7.81. The highest BCUT2D eigenvalue weighted by atomic mass is 19.1. The number of fused-ring (bicyclic) bond motifs is 2. The Morgan fingerprint density at radius 2 is 2.03 bits per heavy atom. The first-order valence-electron chi connectivity index (χ1n) is 11.1. The number of halogens is 1. The summed E-state index contributed by atoms with van der Waals surface area (Å²) in [5.74, 6) is 0.562. The van der Waals surface area contributed by atoms with E-state index in [-0.39, 0.29) is 17.4 Å². The molecule has 1 aliphatic heterocycles. The average Bonchev–Trinajstić information content (AvgIpc) is 3.50. The zero-order valence-corrected chi connectivity index (χ0v) is 18.1. The summed E-state index contributed by atoms with van der Waals surface area (Å²) in [5, 5.41) is 14.8.